The van der Waals surface area contributed by atoms with Crippen molar-refractivity contribution in [2.24, 2.45) is 5.73 Å². The third-order valence-corrected chi connectivity index (χ3v) is 5.52. The minimum absolute atomic E-state index is 0.206. The number of aromatic nitrogens is 3. The topological polar surface area (TPSA) is 90.9 Å². The summed E-state index contributed by atoms with van der Waals surface area (Å²) in [7, 11) is -2.88. The molecule has 0 saturated heterocycles. The molecule has 0 aliphatic heterocycles. The van der Waals surface area contributed by atoms with Crippen molar-refractivity contribution < 1.29 is 8.42 Å². The number of hydrogen-bond acceptors (Lipinski definition) is 6. The Morgan fingerprint density at radius 3 is 2.58 bits per heavy atom. The maximum atomic E-state index is 11.4. The smallest absolute Gasteiger partial charge is 0.191 e. The Kier molecular flexibility index (Phi) is 6.28. The van der Waals surface area contributed by atoms with Gasteiger partial charge in [-0.3, -0.25) is 0 Å². The van der Waals surface area contributed by atoms with E-state index in [0.29, 0.717) is 18.7 Å². The average Bonchev–Trinajstić information content (AvgIpc) is 2.77. The summed E-state index contributed by atoms with van der Waals surface area (Å²) >= 11 is 1.53. The van der Waals surface area contributed by atoms with E-state index in [2.05, 4.69) is 10.2 Å². The number of hydrogen-bond donors (Lipinski definition) is 1. The summed E-state index contributed by atoms with van der Waals surface area (Å²) in [6.45, 7) is 6.13. The lowest BCUT2D eigenvalue weighted by molar-refractivity contribution is 0.526. The van der Waals surface area contributed by atoms with Crippen molar-refractivity contribution in [1.82, 2.24) is 14.8 Å². The average molecular weight is 306 g/mol. The second-order valence-electron chi connectivity index (χ2n) is 4.51. The maximum Gasteiger partial charge on any atom is 0.191 e. The minimum atomic E-state index is -2.88. The van der Waals surface area contributed by atoms with E-state index < -0.39 is 9.84 Å². The van der Waals surface area contributed by atoms with Gasteiger partial charge in [-0.05, 0) is 20.3 Å². The molecule has 0 unspecified atom stereocenters. The van der Waals surface area contributed by atoms with E-state index in [1.807, 2.05) is 18.4 Å². The number of nitrogens with zero attached hydrogens (tertiary/aromatic N) is 3. The maximum absolute atomic E-state index is 11.4. The highest BCUT2D eigenvalue weighted by Gasteiger charge is 2.14. The van der Waals surface area contributed by atoms with Crippen molar-refractivity contribution in [2.45, 2.75) is 44.9 Å². The van der Waals surface area contributed by atoms with E-state index in [4.69, 9.17) is 5.73 Å². The van der Waals surface area contributed by atoms with Crippen LogP contribution in [0.25, 0.3) is 0 Å². The van der Waals surface area contributed by atoms with Gasteiger partial charge < -0.3 is 10.3 Å². The summed E-state index contributed by atoms with van der Waals surface area (Å²) in [6.07, 6.45) is 0.629. The van der Waals surface area contributed by atoms with Crippen molar-refractivity contribution in [3.63, 3.8) is 0 Å². The zero-order valence-electron chi connectivity index (χ0n) is 11.7. The van der Waals surface area contributed by atoms with Crippen molar-refractivity contribution in [3.8, 4) is 0 Å². The molecule has 0 atom stereocenters. The Hall–Kier alpha value is -0.600. The summed E-state index contributed by atoms with van der Waals surface area (Å²) in [4.78, 5) is 0. The molecule has 2 N–H and O–H groups in total. The minimum Gasteiger partial charge on any atom is -0.324 e. The zero-order chi connectivity index (χ0) is 14.5. The van der Waals surface area contributed by atoms with Crippen LogP contribution in [-0.2, 0) is 16.4 Å². The van der Waals surface area contributed by atoms with Gasteiger partial charge in [0.05, 0.1) is 12.3 Å². The first-order valence-corrected chi connectivity index (χ1v) is 9.19. The Morgan fingerprint density at radius 1 is 1.37 bits per heavy atom. The van der Waals surface area contributed by atoms with Crippen molar-refractivity contribution in [1.29, 1.82) is 0 Å². The summed E-state index contributed by atoms with van der Waals surface area (Å²) in [5, 5.41) is 8.97. The zero-order valence-corrected chi connectivity index (χ0v) is 13.3. The molecule has 1 aromatic rings. The first-order chi connectivity index (χ1) is 8.91. The SMILES string of the molecule is CCS(=O)(=O)CCCSc1nnc(CN)n1C(C)C. The highest BCUT2D eigenvalue weighted by Crippen LogP contribution is 2.22. The molecule has 1 heterocycles. The second kappa shape index (κ2) is 7.25. The second-order valence-corrected chi connectivity index (χ2v) is 8.04. The molecule has 8 heteroatoms. The molecule has 1 rings (SSSR count). The predicted molar refractivity (Wildman–Crippen MR) is 78.0 cm³/mol. The molecule has 6 nitrogen and oxygen atoms in total. The fraction of sp³-hybridized carbons (Fsp3) is 0.818. The van der Waals surface area contributed by atoms with Gasteiger partial charge in [0.25, 0.3) is 0 Å². The molecular formula is C11H22N4O2S2. The number of sulfone groups is 1. The number of rotatable bonds is 8. The van der Waals surface area contributed by atoms with Gasteiger partial charge in [-0.25, -0.2) is 8.42 Å². The number of thioether (sulfide) groups is 1. The van der Waals surface area contributed by atoms with Crippen LogP contribution in [0.15, 0.2) is 5.16 Å². The highest BCUT2D eigenvalue weighted by atomic mass is 32.2. The van der Waals surface area contributed by atoms with Gasteiger partial charge in [-0.1, -0.05) is 18.7 Å². The molecule has 0 saturated carbocycles. The van der Waals surface area contributed by atoms with E-state index in [0.717, 1.165) is 11.0 Å². The first-order valence-electron chi connectivity index (χ1n) is 6.38. The molecule has 0 spiro atoms. The van der Waals surface area contributed by atoms with Gasteiger partial charge in [-0.15, -0.1) is 10.2 Å². The predicted octanol–water partition coefficient (Wildman–Crippen LogP) is 1.23. The molecule has 0 radical (unpaired) electrons. The molecule has 0 aliphatic rings. The normalized spacial score (nSPS) is 12.3. The van der Waals surface area contributed by atoms with Gasteiger partial charge in [0.1, 0.15) is 15.7 Å². The van der Waals surface area contributed by atoms with Crippen LogP contribution in [0.2, 0.25) is 0 Å². The molecule has 0 aromatic carbocycles. The third kappa shape index (κ3) is 4.77. The van der Waals surface area contributed by atoms with Crippen LogP contribution in [0.5, 0.6) is 0 Å². The summed E-state index contributed by atoms with van der Waals surface area (Å²) in [6, 6.07) is 0.246. The Morgan fingerprint density at radius 2 is 2.05 bits per heavy atom. The lowest BCUT2D eigenvalue weighted by Gasteiger charge is -2.12. The standard InChI is InChI=1S/C11H22N4O2S2/c1-4-19(16,17)7-5-6-18-11-14-13-10(8-12)15(11)9(2)3/h9H,4-8,12H2,1-3H3. The monoisotopic (exact) mass is 306 g/mol. The molecule has 0 bridgehead atoms. The van der Waals surface area contributed by atoms with Gasteiger partial charge in [0, 0.05) is 17.5 Å². The Labute approximate surface area is 119 Å². The molecule has 0 amide bonds. The van der Waals surface area contributed by atoms with E-state index in [9.17, 15) is 8.42 Å². The van der Waals surface area contributed by atoms with Crippen LogP contribution in [0.4, 0.5) is 0 Å². The summed E-state index contributed by atoms with van der Waals surface area (Å²) in [5.74, 6) is 1.92. The lowest BCUT2D eigenvalue weighted by Crippen LogP contribution is -2.12. The molecule has 0 aliphatic carbocycles. The largest absolute Gasteiger partial charge is 0.324 e. The van der Waals surface area contributed by atoms with E-state index >= 15 is 0 Å². The molecule has 1 aromatic heterocycles. The van der Waals surface area contributed by atoms with Crippen LogP contribution in [0, 0.1) is 0 Å². The lowest BCUT2D eigenvalue weighted by atomic mass is 10.4. The van der Waals surface area contributed by atoms with Crippen LogP contribution in [-0.4, -0.2) is 40.4 Å². The van der Waals surface area contributed by atoms with Crippen LogP contribution in [0.3, 0.4) is 0 Å². The summed E-state index contributed by atoms with van der Waals surface area (Å²) < 4.78 is 24.8. The fourth-order valence-electron chi connectivity index (χ4n) is 1.65. The molecular weight excluding hydrogens is 284 g/mol. The first kappa shape index (κ1) is 16.5. The van der Waals surface area contributed by atoms with Crippen molar-refractivity contribution >= 4 is 21.6 Å². The van der Waals surface area contributed by atoms with Gasteiger partial charge in [-0.2, -0.15) is 0 Å². The number of nitrogens with two attached hydrogens (primary N) is 1. The fourth-order valence-corrected chi connectivity index (χ4v) is 3.73. The van der Waals surface area contributed by atoms with Crippen molar-refractivity contribution in [2.75, 3.05) is 17.3 Å². The van der Waals surface area contributed by atoms with Gasteiger partial charge >= 0.3 is 0 Å². The van der Waals surface area contributed by atoms with Crippen LogP contribution >= 0.6 is 11.8 Å². The molecule has 19 heavy (non-hydrogen) atoms. The quantitative estimate of drug-likeness (QED) is 0.574. The van der Waals surface area contributed by atoms with Gasteiger partial charge in [0.2, 0.25) is 0 Å². The van der Waals surface area contributed by atoms with Gasteiger partial charge in [0.15, 0.2) is 5.16 Å². The molecule has 110 valence electrons. The van der Waals surface area contributed by atoms with E-state index in [-0.39, 0.29) is 17.5 Å². The van der Waals surface area contributed by atoms with Crippen LogP contribution in [0.1, 0.15) is 39.1 Å². The van der Waals surface area contributed by atoms with Crippen LogP contribution < -0.4 is 5.73 Å². The van der Waals surface area contributed by atoms with Crippen molar-refractivity contribution in [3.05, 3.63) is 5.82 Å². The Balaban J connectivity index is 2.57. The van der Waals surface area contributed by atoms with E-state index in [1.54, 1.807) is 6.92 Å². The van der Waals surface area contributed by atoms with E-state index in [1.165, 1.54) is 11.8 Å². The summed E-state index contributed by atoms with van der Waals surface area (Å²) in [5.41, 5.74) is 5.62. The Bertz CT molecular complexity index is 497. The highest BCUT2D eigenvalue weighted by molar-refractivity contribution is 7.99. The third-order valence-electron chi connectivity index (χ3n) is 2.70. The molecule has 0 fully saturated rings.